The van der Waals surface area contributed by atoms with Crippen molar-refractivity contribution in [2.75, 3.05) is 96.1 Å². The maximum absolute atomic E-state index is 12.8. The molecule has 2 aliphatic heterocycles. The van der Waals surface area contributed by atoms with Gasteiger partial charge in [-0.2, -0.15) is 4.31 Å². The molecule has 4 aromatic rings. The van der Waals surface area contributed by atoms with Gasteiger partial charge in [0.2, 0.25) is 7.57 Å². The Morgan fingerprint density at radius 2 is 0.783 bits per heavy atom. The summed E-state index contributed by atoms with van der Waals surface area (Å²) in [4.78, 5) is 53.0. The van der Waals surface area contributed by atoms with Crippen LogP contribution in [-0.2, 0) is 40.8 Å². The third-order valence-electron chi connectivity index (χ3n) is 15.1. The Balaban J connectivity index is 0.000000457. The van der Waals surface area contributed by atoms with Crippen molar-refractivity contribution in [3.63, 3.8) is 0 Å². The molecule has 0 aromatic carbocycles. The lowest BCUT2D eigenvalue weighted by Crippen LogP contribution is -2.33. The van der Waals surface area contributed by atoms with Gasteiger partial charge in [0.25, 0.3) is 7.47 Å². The van der Waals surface area contributed by atoms with Crippen LogP contribution in [0.3, 0.4) is 0 Å². The number of imidazole rings is 2. The molecule has 10 N–H and O–H groups in total. The fourth-order valence-electron chi connectivity index (χ4n) is 9.71. The number of unbranched alkanes of at least 4 members (excludes halogenated alkanes) is 9. The molecule has 2 saturated heterocycles. The summed E-state index contributed by atoms with van der Waals surface area (Å²) in [5, 5.41) is 43.0. The van der Waals surface area contributed by atoms with Crippen LogP contribution < -0.4 is 11.5 Å². The van der Waals surface area contributed by atoms with E-state index >= 15 is 0 Å². The molecule has 34 heteroatoms. The predicted molar refractivity (Wildman–Crippen MR) is 365 cm³/mol. The second-order valence-electron chi connectivity index (χ2n) is 22.9. The van der Waals surface area contributed by atoms with Crippen molar-refractivity contribution >= 4 is 88.2 Å². The number of nitrogens with two attached hydrogens (primary N) is 2. The second kappa shape index (κ2) is 44.5. The van der Waals surface area contributed by atoms with E-state index in [0.29, 0.717) is 0 Å². The molecule has 6 rings (SSSR count). The van der Waals surface area contributed by atoms with E-state index in [1.807, 2.05) is 0 Å². The average Bonchev–Trinajstić information content (AvgIpc) is 1.65. The summed E-state index contributed by atoms with van der Waals surface area (Å²) in [6, 6.07) is 0. The second-order valence-corrected chi connectivity index (χ2v) is 29.2. The van der Waals surface area contributed by atoms with Crippen LogP contribution in [0.15, 0.2) is 23.0 Å². The number of anilines is 2. The number of hydrogen-bond acceptors (Lipinski definition) is 26. The van der Waals surface area contributed by atoms with E-state index in [-0.39, 0.29) is 44.3 Å². The molecule has 2 radical (unpaired) electrons. The molecule has 528 valence electrons. The van der Waals surface area contributed by atoms with Gasteiger partial charge in [-0.15, -0.1) is 0 Å². The number of aromatic nitrogens is 8. The normalized spacial score (nSPS) is 21.8. The number of fused-ring (bicyclic) bond motifs is 2. The molecule has 92 heavy (non-hydrogen) atoms. The number of nitrogens with zero attached hydrogens (tertiary/aromatic N) is 11. The highest BCUT2D eigenvalue weighted by molar-refractivity contribution is 7.98. The number of aliphatic hydroxyl groups is 4. The van der Waals surface area contributed by atoms with Crippen LogP contribution >= 0.6 is 46.6 Å². The molecule has 11 atom stereocenters. The first-order valence-electron chi connectivity index (χ1n) is 32.9. The maximum atomic E-state index is 12.8. The summed E-state index contributed by atoms with van der Waals surface area (Å²) in [6.45, 7) is 30.4. The van der Waals surface area contributed by atoms with Crippen molar-refractivity contribution in [1.29, 1.82) is 0 Å². The lowest BCUT2D eigenvalue weighted by molar-refractivity contribution is -0.0504. The van der Waals surface area contributed by atoms with Crippen LogP contribution in [0.5, 0.6) is 0 Å². The number of thioether (sulfide) groups is 2. The van der Waals surface area contributed by atoms with Gasteiger partial charge in [0, 0.05) is 0 Å². The Hall–Kier alpha value is -2.45. The van der Waals surface area contributed by atoms with Crippen molar-refractivity contribution in [1.82, 2.24) is 53.7 Å². The number of phosphoric ester groups is 1. The SMILES string of the molecule is CCCCN(CCCC)CCCC.CCCCN(CCCC)CCCC.CCCCN(CCCC)CCCC.[B][P@](=O)(OC[C@H]1O[C@@H](n2cnc3c(N)nc(SC)nc32)[C@H](O)[C@@H]1O)OP(=O)(O)OP(=O)(O)OC[C@H]1O[C@@H](n2cnc3c(N)nc(SC)nc32)[C@H](O)[C@@H]1O. The minimum atomic E-state index is -5.83. The van der Waals surface area contributed by atoms with Gasteiger partial charge in [0.05, 0.1) is 25.9 Å². The minimum absolute atomic E-state index is 0.0378. The number of phosphoric acid groups is 2. The zero-order valence-corrected chi connectivity index (χ0v) is 60.8. The van der Waals surface area contributed by atoms with Gasteiger partial charge in [-0.25, -0.2) is 43.3 Å². The van der Waals surface area contributed by atoms with Crippen molar-refractivity contribution in [2.45, 2.75) is 237 Å². The molecular weight excluding hydrogens is 1290 g/mol. The Labute approximate surface area is 556 Å². The average molecular weight is 1400 g/mol. The molecule has 0 spiro atoms. The van der Waals surface area contributed by atoms with Gasteiger partial charge in [-0.1, -0.05) is 144 Å². The smallest absolute Gasteiger partial charge is 0.387 e. The Kier molecular flexibility index (Phi) is 40.5. The predicted octanol–water partition coefficient (Wildman–Crippen LogP) is 10.1. The summed E-state index contributed by atoms with van der Waals surface area (Å²) in [5.74, 6) is 0.0832. The van der Waals surface area contributed by atoms with Crippen LogP contribution in [0.25, 0.3) is 22.3 Å². The number of hydrogen-bond donors (Lipinski definition) is 8. The summed E-state index contributed by atoms with van der Waals surface area (Å²) in [5.41, 5.74) is 12.5. The van der Waals surface area contributed by atoms with Crippen molar-refractivity contribution in [2.24, 2.45) is 0 Å². The number of ether oxygens (including phenoxy) is 2. The van der Waals surface area contributed by atoms with E-state index in [4.69, 9.17) is 33.0 Å². The number of nitrogen functional groups attached to an aromatic ring is 2. The van der Waals surface area contributed by atoms with Crippen molar-refractivity contribution < 1.29 is 71.1 Å². The molecule has 2 fully saturated rings. The van der Waals surface area contributed by atoms with E-state index < -0.39 is 85.4 Å². The molecule has 0 saturated carbocycles. The standard InChI is InChI=1S/C22H30BN10O15P3S2.3C12H27N/c1-52-21-28-15(24)9-17(30-21)32(5-26-9)19-13(36)11(34)7(45-19)3-43-49(23,38)47-51(41,42)48-50(39,40)44-4-8-12(35)14(37)20(46-8)33-6-27-10-16(25)29-22(53-2)31-18(10)33;3*1-4-7-10-13(11-8-5-2)12-9-6-3/h5-8,11-14,19-20,34-37H,3-4H2,1-2H3,(H,39,40)(H,41,42)(H2,24,28,30)(H2,25,29,31);3*4-12H2,1-3H3/t7-,8-,11-,12-,13-,14-,19-,20-,49+;;;/m1.../s1. The van der Waals surface area contributed by atoms with Gasteiger partial charge in [-0.05, 0) is 129 Å². The van der Waals surface area contributed by atoms with E-state index in [1.165, 1.54) is 220 Å². The third kappa shape index (κ3) is 28.6. The van der Waals surface area contributed by atoms with E-state index in [0.717, 1.165) is 0 Å². The fraction of sp³-hybridized carbons (Fsp3) is 0.828. The van der Waals surface area contributed by atoms with Crippen molar-refractivity contribution in [3.8, 4) is 0 Å². The minimum Gasteiger partial charge on any atom is -0.387 e. The van der Waals surface area contributed by atoms with Gasteiger partial charge in [0.1, 0.15) is 47.7 Å². The van der Waals surface area contributed by atoms with Gasteiger partial charge in [-0.3, -0.25) is 18.2 Å². The summed E-state index contributed by atoms with van der Waals surface area (Å²) < 4.78 is 69.7. The number of rotatable bonds is 41. The molecule has 0 bridgehead atoms. The molecular formula is C58H111BN13O15P3S2. The Morgan fingerprint density at radius 3 is 1.07 bits per heavy atom. The lowest BCUT2D eigenvalue weighted by Gasteiger charge is -2.22. The summed E-state index contributed by atoms with van der Waals surface area (Å²) in [6.07, 6.45) is 17.7. The molecule has 2 aliphatic rings. The molecule has 6 heterocycles. The first kappa shape index (κ1) is 83.8. The van der Waals surface area contributed by atoms with Gasteiger partial charge >= 0.3 is 15.6 Å². The zero-order valence-electron chi connectivity index (χ0n) is 56.4. The van der Waals surface area contributed by atoms with E-state index in [9.17, 15) is 43.9 Å². The van der Waals surface area contributed by atoms with Crippen LogP contribution in [0, 0.1) is 0 Å². The zero-order chi connectivity index (χ0) is 68.4. The third-order valence-corrected chi connectivity index (χ3v) is 20.6. The van der Waals surface area contributed by atoms with E-state index in [1.54, 1.807) is 12.5 Å². The highest BCUT2D eigenvalue weighted by atomic mass is 32.2. The number of aliphatic hydroxyl groups excluding tert-OH is 4. The maximum Gasteiger partial charge on any atom is 0.487 e. The van der Waals surface area contributed by atoms with Crippen LogP contribution in [-0.4, -0.2) is 213 Å². The van der Waals surface area contributed by atoms with Crippen LogP contribution in [0.4, 0.5) is 11.6 Å². The lowest BCUT2D eigenvalue weighted by atomic mass is 10.1. The van der Waals surface area contributed by atoms with Crippen molar-refractivity contribution in [3.05, 3.63) is 12.7 Å². The Morgan fingerprint density at radius 1 is 0.489 bits per heavy atom. The van der Waals surface area contributed by atoms with Crippen LogP contribution in [0.1, 0.15) is 190 Å². The largest absolute Gasteiger partial charge is 0.487 e. The molecule has 2 unspecified atom stereocenters. The molecule has 0 amide bonds. The molecule has 0 aliphatic carbocycles. The monoisotopic (exact) mass is 1400 g/mol. The summed E-state index contributed by atoms with van der Waals surface area (Å²) >= 11 is 2.35. The Bertz CT molecular complexity index is 2570. The first-order chi connectivity index (χ1) is 43.9. The molecule has 28 nitrogen and oxygen atoms in total. The highest BCUT2D eigenvalue weighted by Gasteiger charge is 2.48. The highest BCUT2D eigenvalue weighted by Crippen LogP contribution is 2.67. The quantitative estimate of drug-likeness (QED) is 0.00886. The van der Waals surface area contributed by atoms with Crippen LogP contribution in [0.2, 0.25) is 0 Å². The topological polar surface area (TPSA) is 377 Å². The first-order valence-corrected chi connectivity index (χ1v) is 40.0. The molecule has 4 aromatic heterocycles. The summed E-state index contributed by atoms with van der Waals surface area (Å²) in [7, 11) is -11.2. The fourth-order valence-corrected chi connectivity index (χ4v) is 14.1. The van der Waals surface area contributed by atoms with E-state index in [2.05, 4.69) is 120 Å². The van der Waals surface area contributed by atoms with Gasteiger partial charge in [0.15, 0.2) is 45.7 Å². The van der Waals surface area contributed by atoms with Gasteiger partial charge < -0.3 is 70.4 Å².